The summed E-state index contributed by atoms with van der Waals surface area (Å²) in [4.78, 5) is 12.5. The maximum atomic E-state index is 13.7. The molecule has 0 saturated carbocycles. The van der Waals surface area contributed by atoms with Crippen molar-refractivity contribution in [2.24, 2.45) is 0 Å². The molecule has 0 aliphatic rings. The third-order valence-corrected chi connectivity index (χ3v) is 6.29. The van der Waals surface area contributed by atoms with Gasteiger partial charge in [0.05, 0.1) is 10.6 Å². The first-order valence-corrected chi connectivity index (χ1v) is 10.4. The van der Waals surface area contributed by atoms with Crippen LogP contribution in [-0.2, 0) is 16.6 Å². The molecule has 29 heavy (non-hydrogen) atoms. The molecule has 3 aromatic carbocycles. The average molecular weight is 412 g/mol. The van der Waals surface area contributed by atoms with Crippen LogP contribution in [0.5, 0.6) is 0 Å². The Morgan fingerprint density at radius 1 is 0.966 bits per heavy atom. The number of nitrogens with one attached hydrogen (secondary N) is 1. The van der Waals surface area contributed by atoms with E-state index < -0.39 is 21.7 Å². The number of nitrogens with zero attached hydrogens (tertiary/aromatic N) is 1. The van der Waals surface area contributed by atoms with E-state index in [2.05, 4.69) is 5.32 Å². The van der Waals surface area contributed by atoms with Crippen molar-refractivity contribution in [3.05, 3.63) is 95.3 Å². The van der Waals surface area contributed by atoms with Crippen molar-refractivity contribution < 1.29 is 17.6 Å². The van der Waals surface area contributed by atoms with Crippen molar-refractivity contribution in [1.29, 1.82) is 0 Å². The zero-order valence-corrected chi connectivity index (χ0v) is 16.9. The molecule has 7 heteroatoms. The summed E-state index contributed by atoms with van der Waals surface area (Å²) in [5.41, 5.74) is 2.16. The lowest BCUT2D eigenvalue weighted by Gasteiger charge is -2.17. The third kappa shape index (κ3) is 4.88. The highest BCUT2D eigenvalue weighted by atomic mass is 32.2. The van der Waals surface area contributed by atoms with Crippen LogP contribution in [0.1, 0.15) is 21.5 Å². The summed E-state index contributed by atoms with van der Waals surface area (Å²) < 4.78 is 40.3. The molecule has 0 spiro atoms. The van der Waals surface area contributed by atoms with Gasteiger partial charge in [-0.05, 0) is 48.9 Å². The van der Waals surface area contributed by atoms with Gasteiger partial charge < -0.3 is 5.32 Å². The van der Waals surface area contributed by atoms with Crippen molar-refractivity contribution in [3.8, 4) is 0 Å². The Morgan fingerprint density at radius 3 is 2.21 bits per heavy atom. The predicted octanol–water partition coefficient (Wildman–Crippen LogP) is 4.21. The van der Waals surface area contributed by atoms with Crippen LogP contribution in [0.4, 0.5) is 10.1 Å². The zero-order valence-electron chi connectivity index (χ0n) is 16.1. The molecule has 0 radical (unpaired) electrons. The summed E-state index contributed by atoms with van der Waals surface area (Å²) in [6.07, 6.45) is 0. The molecule has 0 heterocycles. The molecule has 1 N–H and O–H groups in total. The average Bonchev–Trinajstić information content (AvgIpc) is 2.70. The first kappa shape index (κ1) is 20.7. The van der Waals surface area contributed by atoms with Gasteiger partial charge in [0.2, 0.25) is 10.0 Å². The number of amides is 1. The van der Waals surface area contributed by atoms with Crippen LogP contribution in [0, 0.1) is 12.7 Å². The molecule has 5 nitrogen and oxygen atoms in total. The highest BCUT2D eigenvalue weighted by Gasteiger charge is 2.20. The largest absolute Gasteiger partial charge is 0.319 e. The summed E-state index contributed by atoms with van der Waals surface area (Å²) in [5.74, 6) is -0.956. The van der Waals surface area contributed by atoms with Crippen LogP contribution in [-0.4, -0.2) is 25.7 Å². The predicted molar refractivity (Wildman–Crippen MR) is 111 cm³/mol. The van der Waals surface area contributed by atoms with Crippen molar-refractivity contribution in [2.45, 2.75) is 18.4 Å². The van der Waals surface area contributed by atoms with Crippen LogP contribution in [0.2, 0.25) is 0 Å². The zero-order chi connectivity index (χ0) is 21.0. The minimum absolute atomic E-state index is 0.102. The normalized spacial score (nSPS) is 11.4. The van der Waals surface area contributed by atoms with Gasteiger partial charge in [-0.2, -0.15) is 4.31 Å². The number of benzene rings is 3. The SMILES string of the molecule is Cc1ccc(S(=O)(=O)N(C)Cc2ccc(C(=O)Nc3ccccc3F)cc2)cc1. The Hall–Kier alpha value is -3.03. The van der Waals surface area contributed by atoms with Crippen LogP contribution in [0.25, 0.3) is 0 Å². The summed E-state index contributed by atoms with van der Waals surface area (Å²) in [7, 11) is -2.11. The van der Waals surface area contributed by atoms with E-state index in [0.717, 1.165) is 11.1 Å². The van der Waals surface area contributed by atoms with Gasteiger partial charge in [0.1, 0.15) is 5.82 Å². The number of para-hydroxylation sites is 1. The molecule has 0 bridgehead atoms. The molecule has 3 aromatic rings. The fourth-order valence-electron chi connectivity index (χ4n) is 2.75. The smallest absolute Gasteiger partial charge is 0.255 e. The first-order chi connectivity index (χ1) is 13.8. The van der Waals surface area contributed by atoms with Crippen LogP contribution >= 0.6 is 0 Å². The van der Waals surface area contributed by atoms with Crippen molar-refractivity contribution in [2.75, 3.05) is 12.4 Å². The molecule has 0 unspecified atom stereocenters. The third-order valence-electron chi connectivity index (χ3n) is 4.47. The van der Waals surface area contributed by atoms with Gasteiger partial charge in [0.15, 0.2) is 0 Å². The molecular weight excluding hydrogens is 391 g/mol. The maximum absolute atomic E-state index is 13.7. The Balaban J connectivity index is 1.69. The molecule has 1 amide bonds. The molecular formula is C22H21FN2O3S. The number of halogens is 1. The Bertz CT molecular complexity index is 1110. The molecule has 150 valence electrons. The van der Waals surface area contributed by atoms with E-state index in [4.69, 9.17) is 0 Å². The maximum Gasteiger partial charge on any atom is 0.255 e. The van der Waals surface area contributed by atoms with Gasteiger partial charge in [0.25, 0.3) is 5.91 Å². The first-order valence-electron chi connectivity index (χ1n) is 8.95. The van der Waals surface area contributed by atoms with Gasteiger partial charge in [-0.15, -0.1) is 0 Å². The number of carbonyl (C=O) groups is 1. The van der Waals surface area contributed by atoms with E-state index in [0.29, 0.717) is 5.56 Å². The highest BCUT2D eigenvalue weighted by Crippen LogP contribution is 2.18. The number of hydrogen-bond acceptors (Lipinski definition) is 3. The van der Waals surface area contributed by atoms with Crippen LogP contribution in [0.3, 0.4) is 0 Å². The molecule has 0 saturated heterocycles. The number of hydrogen-bond donors (Lipinski definition) is 1. The molecule has 0 aromatic heterocycles. The van der Waals surface area contributed by atoms with Gasteiger partial charge in [-0.25, -0.2) is 12.8 Å². The van der Waals surface area contributed by atoms with E-state index >= 15 is 0 Å². The number of sulfonamides is 1. The quantitative estimate of drug-likeness (QED) is 0.660. The fraction of sp³-hybridized carbons (Fsp3) is 0.136. The number of rotatable bonds is 6. The van der Waals surface area contributed by atoms with Crippen LogP contribution in [0.15, 0.2) is 77.7 Å². The topological polar surface area (TPSA) is 66.5 Å². The monoisotopic (exact) mass is 412 g/mol. The molecule has 0 atom stereocenters. The van der Waals surface area contributed by atoms with Crippen molar-refractivity contribution in [3.63, 3.8) is 0 Å². The summed E-state index contributed by atoms with van der Waals surface area (Å²) in [6, 6.07) is 19.1. The molecule has 0 aliphatic carbocycles. The number of anilines is 1. The Labute approximate surface area is 169 Å². The lowest BCUT2D eigenvalue weighted by Crippen LogP contribution is -2.26. The Morgan fingerprint density at radius 2 is 1.59 bits per heavy atom. The van der Waals surface area contributed by atoms with E-state index in [-0.39, 0.29) is 17.1 Å². The van der Waals surface area contributed by atoms with Crippen molar-refractivity contribution >= 4 is 21.6 Å². The van der Waals surface area contributed by atoms with Gasteiger partial charge in [0, 0.05) is 19.2 Å². The lowest BCUT2D eigenvalue weighted by atomic mass is 10.1. The second-order valence-corrected chi connectivity index (χ2v) is 8.75. The minimum Gasteiger partial charge on any atom is -0.319 e. The van der Waals surface area contributed by atoms with Crippen molar-refractivity contribution in [1.82, 2.24) is 4.31 Å². The molecule has 0 fully saturated rings. The highest BCUT2D eigenvalue weighted by molar-refractivity contribution is 7.89. The Kier molecular flexibility index (Phi) is 6.10. The summed E-state index contributed by atoms with van der Waals surface area (Å²) in [5, 5.41) is 2.52. The van der Waals surface area contributed by atoms with Gasteiger partial charge >= 0.3 is 0 Å². The van der Waals surface area contributed by atoms with E-state index in [1.165, 1.54) is 23.5 Å². The summed E-state index contributed by atoms with van der Waals surface area (Å²) in [6.45, 7) is 2.05. The second kappa shape index (κ2) is 8.55. The molecule has 0 aliphatic heterocycles. The lowest BCUT2D eigenvalue weighted by molar-refractivity contribution is 0.102. The number of carbonyl (C=O) groups excluding carboxylic acids is 1. The second-order valence-electron chi connectivity index (χ2n) is 6.71. The summed E-state index contributed by atoms with van der Waals surface area (Å²) >= 11 is 0. The van der Waals surface area contributed by atoms with E-state index in [1.807, 2.05) is 6.92 Å². The van der Waals surface area contributed by atoms with Gasteiger partial charge in [-0.1, -0.05) is 42.0 Å². The van der Waals surface area contributed by atoms with Gasteiger partial charge in [-0.3, -0.25) is 4.79 Å². The number of aryl methyl sites for hydroxylation is 1. The fourth-order valence-corrected chi connectivity index (χ4v) is 3.91. The minimum atomic E-state index is -3.61. The standard InChI is InChI=1S/C22H21FN2O3S/c1-16-7-13-19(14-8-16)29(27,28)25(2)15-17-9-11-18(12-10-17)22(26)24-21-6-4-3-5-20(21)23/h3-14H,15H2,1-2H3,(H,24,26). The van der Waals surface area contributed by atoms with E-state index in [1.54, 1.807) is 60.7 Å². The van der Waals surface area contributed by atoms with E-state index in [9.17, 15) is 17.6 Å². The molecule has 3 rings (SSSR count). The van der Waals surface area contributed by atoms with Crippen LogP contribution < -0.4 is 5.32 Å².